The summed E-state index contributed by atoms with van der Waals surface area (Å²) in [5.74, 6) is -0.463. The van der Waals surface area contributed by atoms with Crippen LogP contribution in [-0.4, -0.2) is 40.3 Å². The fourth-order valence-electron chi connectivity index (χ4n) is 4.06. The highest BCUT2D eigenvalue weighted by Gasteiger charge is 2.29. The Morgan fingerprint density at radius 1 is 1.10 bits per heavy atom. The fraction of sp³-hybridized carbons (Fsp3) is 0.417. The third-order valence-corrected chi connectivity index (χ3v) is 5.88. The molecule has 2 aromatic rings. The van der Waals surface area contributed by atoms with Gasteiger partial charge < -0.3 is 10.2 Å². The summed E-state index contributed by atoms with van der Waals surface area (Å²) in [6, 6.07) is 15.5. The van der Waals surface area contributed by atoms with Crippen molar-refractivity contribution in [3.05, 3.63) is 75.8 Å². The third-order valence-electron chi connectivity index (χ3n) is 5.88. The van der Waals surface area contributed by atoms with Crippen LogP contribution in [0.5, 0.6) is 0 Å². The van der Waals surface area contributed by atoms with Crippen molar-refractivity contribution in [2.45, 2.75) is 57.5 Å². The van der Waals surface area contributed by atoms with Crippen molar-refractivity contribution in [3.8, 4) is 0 Å². The Morgan fingerprint density at radius 3 is 2.42 bits per heavy atom. The molecule has 0 unspecified atom stereocenters. The van der Waals surface area contributed by atoms with Gasteiger partial charge in [0.1, 0.15) is 6.04 Å². The average Bonchev–Trinajstić information content (AvgIpc) is 3.27. The van der Waals surface area contributed by atoms with E-state index in [0.717, 1.165) is 31.2 Å². The van der Waals surface area contributed by atoms with Crippen LogP contribution >= 0.6 is 0 Å². The van der Waals surface area contributed by atoms with Crippen molar-refractivity contribution in [2.75, 3.05) is 6.54 Å². The summed E-state index contributed by atoms with van der Waals surface area (Å²) in [6.07, 6.45) is 4.62. The standard InChI is InChI=1S/C24H29N3O4/c1-18(24(29)25-21-12-6-7-13-21)26(16-15-19-9-3-2-4-10-19)23(28)17-20-11-5-8-14-22(20)27(30)31/h2-5,8-11,14,18,21H,6-7,12-13,15-17H2,1H3,(H,25,29)/t18-/m1/s1. The number of nitrogens with one attached hydrogen (secondary N) is 1. The van der Waals surface area contributed by atoms with Crippen molar-refractivity contribution < 1.29 is 14.5 Å². The van der Waals surface area contributed by atoms with E-state index in [1.807, 2.05) is 30.3 Å². The molecule has 0 heterocycles. The summed E-state index contributed by atoms with van der Waals surface area (Å²) in [5.41, 5.74) is 1.34. The Bertz CT molecular complexity index is 910. The number of carbonyl (C=O) groups is 2. The summed E-state index contributed by atoms with van der Waals surface area (Å²) in [6.45, 7) is 2.09. The van der Waals surface area contributed by atoms with E-state index in [1.54, 1.807) is 30.0 Å². The fourth-order valence-corrected chi connectivity index (χ4v) is 4.06. The average molecular weight is 424 g/mol. The van der Waals surface area contributed by atoms with Crippen LogP contribution in [0.15, 0.2) is 54.6 Å². The van der Waals surface area contributed by atoms with Gasteiger partial charge in [0.25, 0.3) is 5.69 Å². The van der Waals surface area contributed by atoms with Crippen LogP contribution in [0.2, 0.25) is 0 Å². The number of hydrogen-bond acceptors (Lipinski definition) is 4. The van der Waals surface area contributed by atoms with E-state index in [2.05, 4.69) is 5.32 Å². The van der Waals surface area contributed by atoms with Gasteiger partial charge in [0.05, 0.1) is 11.3 Å². The van der Waals surface area contributed by atoms with E-state index in [0.29, 0.717) is 18.5 Å². The van der Waals surface area contributed by atoms with Crippen LogP contribution in [0.4, 0.5) is 5.69 Å². The largest absolute Gasteiger partial charge is 0.352 e. The van der Waals surface area contributed by atoms with Gasteiger partial charge >= 0.3 is 0 Å². The van der Waals surface area contributed by atoms with Crippen LogP contribution in [0.25, 0.3) is 0 Å². The van der Waals surface area contributed by atoms with E-state index < -0.39 is 11.0 Å². The van der Waals surface area contributed by atoms with Gasteiger partial charge in [-0.3, -0.25) is 19.7 Å². The Morgan fingerprint density at radius 2 is 1.74 bits per heavy atom. The number of hydrogen-bond donors (Lipinski definition) is 1. The molecule has 2 aromatic carbocycles. The summed E-state index contributed by atoms with van der Waals surface area (Å²) in [7, 11) is 0. The summed E-state index contributed by atoms with van der Waals surface area (Å²) >= 11 is 0. The molecule has 7 heteroatoms. The lowest BCUT2D eigenvalue weighted by Crippen LogP contribution is -2.51. The maximum atomic E-state index is 13.2. The number of nitro groups is 1. The van der Waals surface area contributed by atoms with E-state index in [4.69, 9.17) is 0 Å². The van der Waals surface area contributed by atoms with Crippen LogP contribution < -0.4 is 5.32 Å². The Labute approximate surface area is 182 Å². The highest BCUT2D eigenvalue weighted by molar-refractivity contribution is 5.88. The van der Waals surface area contributed by atoms with E-state index in [1.165, 1.54) is 6.07 Å². The molecule has 0 saturated heterocycles. The first-order chi connectivity index (χ1) is 15.0. The van der Waals surface area contributed by atoms with Gasteiger partial charge in [-0.25, -0.2) is 0 Å². The number of nitro benzene ring substituents is 1. The second kappa shape index (κ2) is 10.7. The summed E-state index contributed by atoms with van der Waals surface area (Å²) in [5, 5.41) is 14.4. The van der Waals surface area contributed by atoms with Crippen molar-refractivity contribution >= 4 is 17.5 Å². The topological polar surface area (TPSA) is 92.6 Å². The highest BCUT2D eigenvalue weighted by atomic mass is 16.6. The molecular weight excluding hydrogens is 394 g/mol. The number of nitrogens with zero attached hydrogens (tertiary/aromatic N) is 2. The minimum atomic E-state index is -0.653. The van der Waals surface area contributed by atoms with Gasteiger partial charge in [-0.1, -0.05) is 61.4 Å². The van der Waals surface area contributed by atoms with E-state index in [9.17, 15) is 19.7 Å². The van der Waals surface area contributed by atoms with Gasteiger partial charge in [0, 0.05) is 24.2 Å². The van der Waals surface area contributed by atoms with Crippen LogP contribution in [0, 0.1) is 10.1 Å². The molecule has 0 aliphatic heterocycles. The minimum absolute atomic E-state index is 0.0816. The van der Waals surface area contributed by atoms with E-state index in [-0.39, 0.29) is 30.0 Å². The molecule has 1 aliphatic carbocycles. The molecule has 1 atom stereocenters. The van der Waals surface area contributed by atoms with Gasteiger partial charge in [-0.15, -0.1) is 0 Å². The van der Waals surface area contributed by atoms with Crippen LogP contribution in [0.3, 0.4) is 0 Å². The van der Waals surface area contributed by atoms with Crippen molar-refractivity contribution in [1.29, 1.82) is 0 Å². The quantitative estimate of drug-likeness (QED) is 0.492. The van der Waals surface area contributed by atoms with Gasteiger partial charge in [-0.2, -0.15) is 0 Å². The molecule has 1 N–H and O–H groups in total. The molecule has 0 aromatic heterocycles. The Hall–Kier alpha value is -3.22. The molecule has 2 amide bonds. The molecule has 0 radical (unpaired) electrons. The van der Waals surface area contributed by atoms with Gasteiger partial charge in [0.2, 0.25) is 11.8 Å². The number of carbonyl (C=O) groups excluding carboxylic acids is 2. The normalized spacial score (nSPS) is 14.7. The summed E-state index contributed by atoms with van der Waals surface area (Å²) < 4.78 is 0. The second-order valence-electron chi connectivity index (χ2n) is 8.05. The maximum Gasteiger partial charge on any atom is 0.273 e. The predicted molar refractivity (Wildman–Crippen MR) is 119 cm³/mol. The highest BCUT2D eigenvalue weighted by Crippen LogP contribution is 2.21. The summed E-state index contributed by atoms with van der Waals surface area (Å²) in [4.78, 5) is 38.5. The van der Waals surface area contributed by atoms with Crippen LogP contribution in [0.1, 0.15) is 43.7 Å². The van der Waals surface area contributed by atoms with Gasteiger partial charge in [-0.05, 0) is 31.7 Å². The first-order valence-electron chi connectivity index (χ1n) is 10.8. The maximum absolute atomic E-state index is 13.2. The monoisotopic (exact) mass is 423 g/mol. The lowest BCUT2D eigenvalue weighted by atomic mass is 10.1. The minimum Gasteiger partial charge on any atom is -0.352 e. The molecule has 164 valence electrons. The number of rotatable bonds is 9. The van der Waals surface area contributed by atoms with Gasteiger partial charge in [0.15, 0.2) is 0 Å². The van der Waals surface area contributed by atoms with Crippen molar-refractivity contribution in [3.63, 3.8) is 0 Å². The zero-order valence-corrected chi connectivity index (χ0v) is 17.8. The smallest absolute Gasteiger partial charge is 0.273 e. The molecule has 1 aliphatic rings. The molecule has 0 spiro atoms. The SMILES string of the molecule is C[C@H](C(=O)NC1CCCC1)N(CCc1ccccc1)C(=O)Cc1ccccc1[N+](=O)[O-]. The first-order valence-corrected chi connectivity index (χ1v) is 10.8. The number of benzene rings is 2. The lowest BCUT2D eigenvalue weighted by molar-refractivity contribution is -0.385. The molecule has 1 saturated carbocycles. The zero-order valence-electron chi connectivity index (χ0n) is 17.8. The third kappa shape index (κ3) is 6.13. The molecule has 1 fully saturated rings. The lowest BCUT2D eigenvalue weighted by Gasteiger charge is -2.29. The van der Waals surface area contributed by atoms with Crippen molar-refractivity contribution in [2.24, 2.45) is 0 Å². The van der Waals surface area contributed by atoms with E-state index >= 15 is 0 Å². The Balaban J connectivity index is 1.75. The molecule has 31 heavy (non-hydrogen) atoms. The van der Waals surface area contributed by atoms with Crippen molar-refractivity contribution in [1.82, 2.24) is 10.2 Å². The number of amides is 2. The predicted octanol–water partition coefficient (Wildman–Crippen LogP) is 3.66. The molecular formula is C24H29N3O4. The first kappa shape index (κ1) is 22.5. The molecule has 3 rings (SSSR count). The second-order valence-corrected chi connectivity index (χ2v) is 8.05. The molecule has 0 bridgehead atoms. The zero-order chi connectivity index (χ0) is 22.2. The number of para-hydroxylation sites is 1. The Kier molecular flexibility index (Phi) is 7.76. The van der Waals surface area contributed by atoms with Crippen LogP contribution in [-0.2, 0) is 22.4 Å². The molecule has 7 nitrogen and oxygen atoms in total.